The van der Waals surface area contributed by atoms with Crippen molar-refractivity contribution in [3.63, 3.8) is 0 Å². The van der Waals surface area contributed by atoms with Crippen LogP contribution in [0.2, 0.25) is 0 Å². The van der Waals surface area contributed by atoms with Gasteiger partial charge in [0, 0.05) is 13.1 Å². The first-order chi connectivity index (χ1) is 12.0. The zero-order chi connectivity index (χ0) is 17.8. The third-order valence-corrected chi connectivity index (χ3v) is 3.89. The van der Waals surface area contributed by atoms with Gasteiger partial charge < -0.3 is 14.6 Å². The van der Waals surface area contributed by atoms with Crippen molar-refractivity contribution < 1.29 is 9.21 Å². The highest BCUT2D eigenvalue weighted by Gasteiger charge is 2.12. The van der Waals surface area contributed by atoms with Gasteiger partial charge in [-0.2, -0.15) is 0 Å². The fourth-order valence-electron chi connectivity index (χ4n) is 2.69. The number of nitrogens with zero attached hydrogens (tertiary/aromatic N) is 2. The molecule has 0 aliphatic heterocycles. The lowest BCUT2D eigenvalue weighted by atomic mass is 10.1. The zero-order valence-electron chi connectivity index (χ0n) is 14.4. The van der Waals surface area contributed by atoms with Crippen LogP contribution >= 0.6 is 0 Å². The molecular weight excluding hydrogens is 318 g/mol. The topological polar surface area (TPSA) is 67.5 Å². The number of carbonyl (C=O) groups excluding carboxylic acids is 1. The Morgan fingerprint density at radius 2 is 1.76 bits per heavy atom. The molecule has 3 rings (SSSR count). The van der Waals surface area contributed by atoms with Gasteiger partial charge in [-0.3, -0.25) is 9.36 Å². The molecule has 0 atom stereocenters. The predicted octanol–water partition coefficient (Wildman–Crippen LogP) is 1.97. The molecule has 6 nitrogen and oxygen atoms in total. The Bertz CT molecular complexity index is 923. The van der Waals surface area contributed by atoms with E-state index in [2.05, 4.69) is 22.3 Å². The van der Waals surface area contributed by atoms with Gasteiger partial charge in [0.15, 0.2) is 5.58 Å². The number of fused-ring (bicyclic) bond motifs is 1. The summed E-state index contributed by atoms with van der Waals surface area (Å²) >= 11 is 0. The van der Waals surface area contributed by atoms with Gasteiger partial charge in [0.05, 0.1) is 5.52 Å². The molecule has 0 fully saturated rings. The van der Waals surface area contributed by atoms with E-state index < -0.39 is 5.76 Å². The van der Waals surface area contributed by atoms with E-state index in [1.54, 1.807) is 24.3 Å². The standard InChI is InChI=1S/C19H21N3O3/c1-21(2)12-15-9-7-14(8-10-15)11-20-18(23)13-22-16-5-3-4-6-17(16)25-19(22)24/h3-10H,11-13H2,1-2H3,(H,20,23). The zero-order valence-corrected chi connectivity index (χ0v) is 14.4. The lowest BCUT2D eigenvalue weighted by molar-refractivity contribution is -0.121. The Kier molecular flexibility index (Phi) is 5.00. The summed E-state index contributed by atoms with van der Waals surface area (Å²) in [6.45, 7) is 1.24. The molecule has 0 bridgehead atoms. The smallest absolute Gasteiger partial charge is 0.408 e. The third kappa shape index (κ3) is 4.16. The van der Waals surface area contributed by atoms with E-state index in [0.29, 0.717) is 17.6 Å². The molecule has 0 saturated heterocycles. The summed E-state index contributed by atoms with van der Waals surface area (Å²) in [6.07, 6.45) is 0. The van der Waals surface area contributed by atoms with Crippen LogP contribution in [-0.2, 0) is 24.4 Å². The average molecular weight is 339 g/mol. The summed E-state index contributed by atoms with van der Waals surface area (Å²) in [6, 6.07) is 15.2. The molecule has 0 saturated carbocycles. The number of hydrogen-bond acceptors (Lipinski definition) is 4. The number of nitrogens with one attached hydrogen (secondary N) is 1. The van der Waals surface area contributed by atoms with Gasteiger partial charge in [-0.15, -0.1) is 0 Å². The van der Waals surface area contributed by atoms with Crippen LogP contribution in [0.4, 0.5) is 0 Å². The first-order valence-corrected chi connectivity index (χ1v) is 8.10. The highest BCUT2D eigenvalue weighted by Crippen LogP contribution is 2.11. The van der Waals surface area contributed by atoms with E-state index in [9.17, 15) is 9.59 Å². The van der Waals surface area contributed by atoms with Gasteiger partial charge in [0.1, 0.15) is 6.54 Å². The number of amides is 1. The van der Waals surface area contributed by atoms with Crippen molar-refractivity contribution in [2.75, 3.05) is 14.1 Å². The minimum atomic E-state index is -0.524. The maximum atomic E-state index is 12.2. The number of oxazole rings is 1. The molecular formula is C19H21N3O3. The van der Waals surface area contributed by atoms with Crippen LogP contribution in [0.25, 0.3) is 11.1 Å². The lowest BCUT2D eigenvalue weighted by Gasteiger charge is -2.10. The fraction of sp³-hybridized carbons (Fsp3) is 0.263. The predicted molar refractivity (Wildman–Crippen MR) is 96.2 cm³/mol. The van der Waals surface area contributed by atoms with Crippen molar-refractivity contribution in [1.82, 2.24) is 14.8 Å². The SMILES string of the molecule is CN(C)Cc1ccc(CNC(=O)Cn2c(=O)oc3ccccc32)cc1. The molecule has 0 spiro atoms. The molecule has 1 aromatic heterocycles. The third-order valence-electron chi connectivity index (χ3n) is 3.89. The average Bonchev–Trinajstić information content (AvgIpc) is 2.89. The Labute approximate surface area is 145 Å². The van der Waals surface area contributed by atoms with Crippen molar-refractivity contribution >= 4 is 17.0 Å². The van der Waals surface area contributed by atoms with Crippen LogP contribution in [0.5, 0.6) is 0 Å². The van der Waals surface area contributed by atoms with Gasteiger partial charge >= 0.3 is 5.76 Å². The molecule has 3 aromatic rings. The molecule has 130 valence electrons. The van der Waals surface area contributed by atoms with E-state index in [-0.39, 0.29) is 12.5 Å². The highest BCUT2D eigenvalue weighted by atomic mass is 16.4. The summed E-state index contributed by atoms with van der Waals surface area (Å²) in [4.78, 5) is 26.2. The molecule has 0 aliphatic carbocycles. The van der Waals surface area contributed by atoms with Crippen LogP contribution in [0, 0.1) is 0 Å². The van der Waals surface area contributed by atoms with Crippen molar-refractivity contribution in [3.05, 3.63) is 70.2 Å². The molecule has 2 aromatic carbocycles. The Hall–Kier alpha value is -2.86. The second-order valence-corrected chi connectivity index (χ2v) is 6.25. The Balaban J connectivity index is 1.61. The maximum absolute atomic E-state index is 12.2. The van der Waals surface area contributed by atoms with E-state index in [4.69, 9.17) is 4.42 Å². The fourth-order valence-corrected chi connectivity index (χ4v) is 2.69. The number of benzene rings is 2. The summed E-state index contributed by atoms with van der Waals surface area (Å²) in [5.74, 6) is -0.754. The van der Waals surface area contributed by atoms with E-state index in [1.165, 1.54) is 10.1 Å². The maximum Gasteiger partial charge on any atom is 0.420 e. The number of rotatable bonds is 6. The lowest BCUT2D eigenvalue weighted by Crippen LogP contribution is -2.30. The first kappa shape index (κ1) is 17.0. The summed E-state index contributed by atoms with van der Waals surface area (Å²) in [5.41, 5.74) is 3.34. The minimum absolute atomic E-state index is 0.0610. The largest absolute Gasteiger partial charge is 0.420 e. The van der Waals surface area contributed by atoms with Crippen LogP contribution in [0.3, 0.4) is 0 Å². The van der Waals surface area contributed by atoms with Gasteiger partial charge in [0.25, 0.3) is 0 Å². The molecule has 0 unspecified atom stereocenters. The first-order valence-electron chi connectivity index (χ1n) is 8.10. The van der Waals surface area contributed by atoms with Gasteiger partial charge in [-0.05, 0) is 37.4 Å². The molecule has 0 aliphatic rings. The summed E-state index contributed by atoms with van der Waals surface area (Å²) < 4.78 is 6.47. The highest BCUT2D eigenvalue weighted by molar-refractivity contribution is 5.79. The molecule has 0 radical (unpaired) electrons. The van der Waals surface area contributed by atoms with Gasteiger partial charge in [-0.1, -0.05) is 36.4 Å². The van der Waals surface area contributed by atoms with Crippen LogP contribution in [0.1, 0.15) is 11.1 Å². The molecule has 6 heteroatoms. The van der Waals surface area contributed by atoms with Gasteiger partial charge in [-0.25, -0.2) is 4.79 Å². The summed E-state index contributed by atoms with van der Waals surface area (Å²) in [5, 5.41) is 2.84. The molecule has 1 N–H and O–H groups in total. The van der Waals surface area contributed by atoms with Crippen LogP contribution in [0.15, 0.2) is 57.7 Å². The minimum Gasteiger partial charge on any atom is -0.408 e. The summed E-state index contributed by atoms with van der Waals surface area (Å²) in [7, 11) is 4.05. The Morgan fingerprint density at radius 3 is 2.48 bits per heavy atom. The number of para-hydroxylation sites is 2. The second-order valence-electron chi connectivity index (χ2n) is 6.25. The monoisotopic (exact) mass is 339 g/mol. The van der Waals surface area contributed by atoms with Crippen molar-refractivity contribution in [2.45, 2.75) is 19.6 Å². The number of aromatic nitrogens is 1. The van der Waals surface area contributed by atoms with Gasteiger partial charge in [0.2, 0.25) is 5.91 Å². The molecule has 25 heavy (non-hydrogen) atoms. The normalized spacial score (nSPS) is 11.2. The Morgan fingerprint density at radius 1 is 1.08 bits per heavy atom. The quantitative estimate of drug-likeness (QED) is 0.746. The number of hydrogen-bond donors (Lipinski definition) is 1. The van der Waals surface area contributed by atoms with E-state index in [0.717, 1.165) is 12.1 Å². The van der Waals surface area contributed by atoms with Crippen LogP contribution < -0.4 is 11.1 Å². The van der Waals surface area contributed by atoms with Crippen molar-refractivity contribution in [3.8, 4) is 0 Å². The molecule has 1 amide bonds. The van der Waals surface area contributed by atoms with E-state index >= 15 is 0 Å². The van der Waals surface area contributed by atoms with Crippen LogP contribution in [-0.4, -0.2) is 29.5 Å². The number of carbonyl (C=O) groups is 1. The van der Waals surface area contributed by atoms with Crippen molar-refractivity contribution in [1.29, 1.82) is 0 Å². The molecule has 1 heterocycles. The van der Waals surface area contributed by atoms with Crippen molar-refractivity contribution in [2.24, 2.45) is 0 Å². The van der Waals surface area contributed by atoms with E-state index in [1.807, 2.05) is 26.2 Å². The second kappa shape index (κ2) is 7.36.